The maximum Gasteiger partial charge on any atom is 0.322 e. The smallest absolute Gasteiger partial charge is 0.322 e. The second-order valence-corrected chi connectivity index (χ2v) is 5.05. The van der Waals surface area contributed by atoms with Crippen LogP contribution in [0.2, 0.25) is 0 Å². The van der Waals surface area contributed by atoms with Gasteiger partial charge in [0.25, 0.3) is 0 Å². The summed E-state index contributed by atoms with van der Waals surface area (Å²) in [6, 6.07) is 0.0960. The van der Waals surface area contributed by atoms with Crippen molar-refractivity contribution in [2.45, 2.75) is 50.6 Å². The Morgan fingerprint density at radius 2 is 1.88 bits per heavy atom. The topological polar surface area (TPSA) is 52.6 Å². The standard InChI is InChI=1S/C12H22N2O2/c15-12(16)11(13-10-5-6-10)9-14-7-3-1-2-4-8-14/h10-11,13H,1-9H2,(H,15,16). The largest absolute Gasteiger partial charge is 0.480 e. The maximum atomic E-state index is 11.1. The summed E-state index contributed by atoms with van der Waals surface area (Å²) in [5.74, 6) is -0.698. The lowest BCUT2D eigenvalue weighted by Gasteiger charge is -2.24. The van der Waals surface area contributed by atoms with Crippen LogP contribution in [0.15, 0.2) is 0 Å². The van der Waals surface area contributed by atoms with Gasteiger partial charge in [-0.25, -0.2) is 0 Å². The Morgan fingerprint density at radius 1 is 1.25 bits per heavy atom. The molecule has 4 nitrogen and oxygen atoms in total. The molecule has 1 saturated carbocycles. The van der Waals surface area contributed by atoms with Crippen molar-refractivity contribution in [3.05, 3.63) is 0 Å². The first-order valence-corrected chi connectivity index (χ1v) is 6.47. The van der Waals surface area contributed by atoms with Crippen LogP contribution < -0.4 is 5.32 Å². The quantitative estimate of drug-likeness (QED) is 0.736. The van der Waals surface area contributed by atoms with Gasteiger partial charge in [0.05, 0.1) is 0 Å². The summed E-state index contributed by atoms with van der Waals surface area (Å²) in [6.45, 7) is 2.80. The van der Waals surface area contributed by atoms with Crippen LogP contribution in [-0.2, 0) is 4.79 Å². The van der Waals surface area contributed by atoms with E-state index in [4.69, 9.17) is 5.11 Å². The molecule has 4 heteroatoms. The van der Waals surface area contributed by atoms with Crippen molar-refractivity contribution < 1.29 is 9.90 Å². The van der Waals surface area contributed by atoms with E-state index in [1.54, 1.807) is 0 Å². The lowest BCUT2D eigenvalue weighted by Crippen LogP contribution is -2.47. The van der Waals surface area contributed by atoms with Gasteiger partial charge >= 0.3 is 5.97 Å². The third-order valence-electron chi connectivity index (χ3n) is 3.45. The predicted octanol–water partition coefficient (Wildman–Crippen LogP) is 1.07. The minimum Gasteiger partial charge on any atom is -0.480 e. The highest BCUT2D eigenvalue weighted by Crippen LogP contribution is 2.20. The van der Waals surface area contributed by atoms with Gasteiger partial charge < -0.3 is 15.3 Å². The number of aliphatic carboxylic acids is 1. The minimum atomic E-state index is -0.698. The molecule has 0 bridgehead atoms. The molecule has 16 heavy (non-hydrogen) atoms. The minimum absolute atomic E-state index is 0.370. The lowest BCUT2D eigenvalue weighted by atomic mass is 10.2. The van der Waals surface area contributed by atoms with Crippen LogP contribution >= 0.6 is 0 Å². The second kappa shape index (κ2) is 5.64. The van der Waals surface area contributed by atoms with Crippen molar-refractivity contribution in [3.8, 4) is 0 Å². The molecule has 92 valence electrons. The van der Waals surface area contributed by atoms with E-state index >= 15 is 0 Å². The van der Waals surface area contributed by atoms with Crippen molar-refractivity contribution in [1.29, 1.82) is 0 Å². The van der Waals surface area contributed by atoms with E-state index in [2.05, 4.69) is 10.2 Å². The van der Waals surface area contributed by atoms with Crippen LogP contribution in [-0.4, -0.2) is 47.7 Å². The molecule has 2 rings (SSSR count). The molecule has 0 radical (unpaired) electrons. The van der Waals surface area contributed by atoms with Crippen LogP contribution in [0.3, 0.4) is 0 Å². The summed E-state index contributed by atoms with van der Waals surface area (Å²) in [7, 11) is 0. The van der Waals surface area contributed by atoms with E-state index < -0.39 is 5.97 Å². The fourth-order valence-corrected chi connectivity index (χ4v) is 2.31. The van der Waals surface area contributed by atoms with E-state index in [-0.39, 0.29) is 6.04 Å². The monoisotopic (exact) mass is 226 g/mol. The first kappa shape index (κ1) is 11.9. The Bertz CT molecular complexity index is 233. The molecule has 1 aliphatic carbocycles. The Balaban J connectivity index is 1.80. The first-order chi connectivity index (χ1) is 7.75. The first-order valence-electron chi connectivity index (χ1n) is 6.47. The van der Waals surface area contributed by atoms with Gasteiger partial charge in [-0.2, -0.15) is 0 Å². The van der Waals surface area contributed by atoms with E-state index in [1.807, 2.05) is 0 Å². The molecule has 0 aromatic carbocycles. The fraction of sp³-hybridized carbons (Fsp3) is 0.917. The van der Waals surface area contributed by atoms with Crippen molar-refractivity contribution in [1.82, 2.24) is 10.2 Å². The van der Waals surface area contributed by atoms with E-state index in [0.717, 1.165) is 25.9 Å². The predicted molar refractivity (Wildman–Crippen MR) is 62.5 cm³/mol. The van der Waals surface area contributed by atoms with Crippen molar-refractivity contribution in [2.75, 3.05) is 19.6 Å². The Labute approximate surface area is 97.0 Å². The van der Waals surface area contributed by atoms with Gasteiger partial charge in [0.1, 0.15) is 6.04 Å². The number of nitrogens with one attached hydrogen (secondary N) is 1. The molecule has 2 fully saturated rings. The molecule has 0 aromatic heterocycles. The molecule has 1 atom stereocenters. The van der Waals surface area contributed by atoms with Gasteiger partial charge in [-0.3, -0.25) is 4.79 Å². The summed E-state index contributed by atoms with van der Waals surface area (Å²) in [5.41, 5.74) is 0. The van der Waals surface area contributed by atoms with Crippen molar-refractivity contribution in [3.63, 3.8) is 0 Å². The molecule has 0 amide bonds. The maximum absolute atomic E-state index is 11.1. The molecule has 1 saturated heterocycles. The second-order valence-electron chi connectivity index (χ2n) is 5.05. The zero-order valence-corrected chi connectivity index (χ0v) is 9.82. The van der Waals surface area contributed by atoms with E-state index in [0.29, 0.717) is 12.6 Å². The average molecular weight is 226 g/mol. The van der Waals surface area contributed by atoms with Crippen molar-refractivity contribution >= 4 is 5.97 Å². The molecular weight excluding hydrogens is 204 g/mol. The van der Waals surface area contributed by atoms with Crippen LogP contribution in [0.1, 0.15) is 38.5 Å². The fourth-order valence-electron chi connectivity index (χ4n) is 2.31. The highest BCUT2D eigenvalue weighted by atomic mass is 16.4. The average Bonchev–Trinajstić information content (AvgIpc) is 3.04. The highest BCUT2D eigenvalue weighted by molar-refractivity contribution is 5.73. The van der Waals surface area contributed by atoms with Gasteiger partial charge in [0.15, 0.2) is 0 Å². The Morgan fingerprint density at radius 3 is 2.38 bits per heavy atom. The summed E-state index contributed by atoms with van der Waals surface area (Å²) in [5, 5.41) is 12.4. The number of hydrogen-bond acceptors (Lipinski definition) is 3. The Hall–Kier alpha value is -0.610. The molecule has 0 aromatic rings. The number of nitrogens with zero attached hydrogens (tertiary/aromatic N) is 1. The van der Waals surface area contributed by atoms with Crippen LogP contribution in [0, 0.1) is 0 Å². The van der Waals surface area contributed by atoms with Crippen LogP contribution in [0.25, 0.3) is 0 Å². The van der Waals surface area contributed by atoms with Crippen LogP contribution in [0.5, 0.6) is 0 Å². The number of carboxylic acids is 1. The van der Waals surface area contributed by atoms with Gasteiger partial charge in [-0.1, -0.05) is 12.8 Å². The molecular formula is C12H22N2O2. The molecule has 2 N–H and O–H groups in total. The lowest BCUT2D eigenvalue weighted by molar-refractivity contribution is -0.140. The molecule has 0 spiro atoms. The van der Waals surface area contributed by atoms with Gasteiger partial charge in [0, 0.05) is 12.6 Å². The van der Waals surface area contributed by atoms with E-state index in [9.17, 15) is 4.79 Å². The molecule has 2 aliphatic rings. The number of rotatable bonds is 5. The number of likely N-dealkylation sites (tertiary alicyclic amines) is 1. The summed E-state index contributed by atoms with van der Waals surface area (Å²) in [6.07, 6.45) is 7.31. The molecule has 1 unspecified atom stereocenters. The molecule has 1 aliphatic heterocycles. The summed E-state index contributed by atoms with van der Waals surface area (Å²) in [4.78, 5) is 13.4. The van der Waals surface area contributed by atoms with Gasteiger partial charge in [-0.15, -0.1) is 0 Å². The third kappa shape index (κ3) is 3.76. The molecule has 1 heterocycles. The summed E-state index contributed by atoms with van der Waals surface area (Å²) < 4.78 is 0. The van der Waals surface area contributed by atoms with E-state index in [1.165, 1.54) is 25.7 Å². The number of carbonyl (C=O) groups is 1. The number of carboxylic acid groups (broad SMARTS) is 1. The SMILES string of the molecule is O=C(O)C(CN1CCCCCC1)NC1CC1. The normalized spacial score (nSPS) is 25.0. The Kier molecular flexibility index (Phi) is 4.18. The number of hydrogen-bond donors (Lipinski definition) is 2. The van der Waals surface area contributed by atoms with Gasteiger partial charge in [-0.05, 0) is 38.8 Å². The highest BCUT2D eigenvalue weighted by Gasteiger charge is 2.29. The zero-order chi connectivity index (χ0) is 11.4. The third-order valence-corrected chi connectivity index (χ3v) is 3.45. The zero-order valence-electron chi connectivity index (χ0n) is 9.82. The summed E-state index contributed by atoms with van der Waals surface area (Å²) >= 11 is 0. The van der Waals surface area contributed by atoms with Gasteiger partial charge in [0.2, 0.25) is 0 Å². The van der Waals surface area contributed by atoms with Crippen molar-refractivity contribution in [2.24, 2.45) is 0 Å². The van der Waals surface area contributed by atoms with Crippen LogP contribution in [0.4, 0.5) is 0 Å².